The molecule has 1 aliphatic rings. The lowest BCUT2D eigenvalue weighted by Crippen LogP contribution is -2.49. The van der Waals surface area contributed by atoms with Gasteiger partial charge in [-0.15, -0.1) is 30.4 Å². The summed E-state index contributed by atoms with van der Waals surface area (Å²) in [5.41, 5.74) is 5.04. The first-order valence-corrected chi connectivity index (χ1v) is 10.0. The van der Waals surface area contributed by atoms with Crippen LogP contribution in [-0.4, -0.2) is 50.1 Å². The van der Waals surface area contributed by atoms with E-state index >= 15 is 0 Å². The lowest BCUT2D eigenvalue weighted by Gasteiger charge is -2.35. The molecule has 6 nitrogen and oxygen atoms in total. The molecule has 1 unspecified atom stereocenters. The lowest BCUT2D eigenvalue weighted by atomic mass is 10.00. The van der Waals surface area contributed by atoms with Crippen LogP contribution < -0.4 is 10.6 Å². The van der Waals surface area contributed by atoms with Crippen LogP contribution in [0.1, 0.15) is 28.4 Å². The SMILES string of the molecule is C#Cc1cccc(NC(=O)CNC(=NC)N2CCOC(c3ccc(C)cc3C)C2)c1.I. The Bertz CT molecular complexity index is 984. The molecule has 0 radical (unpaired) electrons. The molecule has 164 valence electrons. The normalized spacial score (nSPS) is 16.1. The van der Waals surface area contributed by atoms with Crippen molar-refractivity contribution >= 4 is 41.5 Å². The van der Waals surface area contributed by atoms with E-state index in [-0.39, 0.29) is 42.5 Å². The number of nitrogens with zero attached hydrogens (tertiary/aromatic N) is 2. The van der Waals surface area contributed by atoms with Crippen LogP contribution in [0.3, 0.4) is 0 Å². The summed E-state index contributed by atoms with van der Waals surface area (Å²) in [6.45, 7) is 6.30. The number of guanidine groups is 1. The van der Waals surface area contributed by atoms with Gasteiger partial charge in [0.1, 0.15) is 6.10 Å². The second kappa shape index (κ2) is 11.7. The molecular formula is C24H29IN4O2. The van der Waals surface area contributed by atoms with E-state index in [0.717, 1.165) is 5.56 Å². The van der Waals surface area contributed by atoms with Crippen LogP contribution in [-0.2, 0) is 9.53 Å². The topological polar surface area (TPSA) is 66.0 Å². The molecule has 0 bridgehead atoms. The van der Waals surface area contributed by atoms with Crippen molar-refractivity contribution in [1.82, 2.24) is 10.2 Å². The fraction of sp³-hybridized carbons (Fsp3) is 0.333. The van der Waals surface area contributed by atoms with E-state index in [1.54, 1.807) is 13.1 Å². The number of aliphatic imine (C=N–C) groups is 1. The molecule has 0 aliphatic carbocycles. The highest BCUT2D eigenvalue weighted by Gasteiger charge is 2.25. The molecule has 0 aromatic heterocycles. The smallest absolute Gasteiger partial charge is 0.243 e. The Morgan fingerprint density at radius 3 is 2.81 bits per heavy atom. The van der Waals surface area contributed by atoms with E-state index in [9.17, 15) is 4.79 Å². The van der Waals surface area contributed by atoms with Gasteiger partial charge in [-0.05, 0) is 43.2 Å². The fourth-order valence-corrected chi connectivity index (χ4v) is 3.60. The molecule has 2 N–H and O–H groups in total. The standard InChI is InChI=1S/C24H28N4O2.HI/c1-5-19-7-6-8-20(14-19)27-23(29)15-26-24(25-4)28-11-12-30-22(16-28)21-10-9-17(2)13-18(21)3;/h1,6-10,13-14,22H,11-12,15-16H2,2-4H3,(H,25,26)(H,27,29);1H. The summed E-state index contributed by atoms with van der Waals surface area (Å²) in [6, 6.07) is 13.6. The zero-order valence-corrected chi connectivity index (χ0v) is 20.5. The molecule has 1 saturated heterocycles. The molecule has 2 aromatic rings. The Morgan fingerprint density at radius 1 is 1.29 bits per heavy atom. The molecule has 7 heteroatoms. The number of morpholine rings is 1. The summed E-state index contributed by atoms with van der Waals surface area (Å²) >= 11 is 0. The number of ether oxygens (including phenoxy) is 1. The summed E-state index contributed by atoms with van der Waals surface area (Å²) in [7, 11) is 1.72. The zero-order valence-electron chi connectivity index (χ0n) is 18.1. The number of hydrogen-bond donors (Lipinski definition) is 2. The minimum atomic E-state index is -0.162. The summed E-state index contributed by atoms with van der Waals surface area (Å²) in [4.78, 5) is 18.8. The van der Waals surface area contributed by atoms with Crippen molar-refractivity contribution in [3.05, 3.63) is 64.7 Å². The van der Waals surface area contributed by atoms with Gasteiger partial charge in [0.05, 0.1) is 19.7 Å². The van der Waals surface area contributed by atoms with Gasteiger partial charge in [0.25, 0.3) is 0 Å². The number of carbonyl (C=O) groups excluding carboxylic acids is 1. The molecule has 3 rings (SSSR count). The summed E-state index contributed by atoms with van der Waals surface area (Å²) < 4.78 is 6.02. The van der Waals surface area contributed by atoms with Crippen LogP contribution in [0.25, 0.3) is 0 Å². The third-order valence-corrected chi connectivity index (χ3v) is 5.07. The first kappa shape index (κ1) is 24.7. The third-order valence-electron chi connectivity index (χ3n) is 5.07. The number of amides is 1. The van der Waals surface area contributed by atoms with Crippen molar-refractivity contribution in [1.29, 1.82) is 0 Å². The predicted octanol–water partition coefficient (Wildman–Crippen LogP) is 3.49. The predicted molar refractivity (Wildman–Crippen MR) is 136 cm³/mol. The third kappa shape index (κ3) is 6.71. The number of halogens is 1. The quantitative estimate of drug-likeness (QED) is 0.274. The Kier molecular flexibility index (Phi) is 9.34. The average Bonchev–Trinajstić information content (AvgIpc) is 2.74. The van der Waals surface area contributed by atoms with Gasteiger partial charge in [0.2, 0.25) is 5.91 Å². The average molecular weight is 532 g/mol. The van der Waals surface area contributed by atoms with Crippen LogP contribution in [0, 0.1) is 26.2 Å². The molecule has 31 heavy (non-hydrogen) atoms. The van der Waals surface area contributed by atoms with E-state index in [1.807, 2.05) is 18.2 Å². The molecular weight excluding hydrogens is 503 g/mol. The molecule has 1 fully saturated rings. The van der Waals surface area contributed by atoms with E-state index in [4.69, 9.17) is 11.2 Å². The number of hydrogen-bond acceptors (Lipinski definition) is 3. The number of carbonyl (C=O) groups is 1. The lowest BCUT2D eigenvalue weighted by molar-refractivity contribution is -0.115. The molecule has 0 saturated carbocycles. The van der Waals surface area contributed by atoms with Crippen molar-refractivity contribution in [2.24, 2.45) is 4.99 Å². The van der Waals surface area contributed by atoms with Crippen LogP contribution in [0.15, 0.2) is 47.5 Å². The Labute approximate surface area is 201 Å². The van der Waals surface area contributed by atoms with Crippen molar-refractivity contribution in [3.8, 4) is 12.3 Å². The number of aryl methyl sites for hydroxylation is 2. The Hall–Kier alpha value is -2.57. The highest BCUT2D eigenvalue weighted by Crippen LogP contribution is 2.25. The maximum Gasteiger partial charge on any atom is 0.243 e. The molecule has 2 aromatic carbocycles. The Morgan fingerprint density at radius 2 is 2.10 bits per heavy atom. The van der Waals surface area contributed by atoms with Crippen LogP contribution >= 0.6 is 24.0 Å². The molecule has 1 heterocycles. The minimum Gasteiger partial charge on any atom is -0.370 e. The van der Waals surface area contributed by atoms with Gasteiger partial charge >= 0.3 is 0 Å². The van der Waals surface area contributed by atoms with Crippen molar-refractivity contribution in [2.75, 3.05) is 38.6 Å². The number of rotatable bonds is 4. The van der Waals surface area contributed by atoms with E-state index in [2.05, 4.69) is 58.5 Å². The van der Waals surface area contributed by atoms with Gasteiger partial charge in [-0.25, -0.2) is 0 Å². The summed E-state index contributed by atoms with van der Waals surface area (Å²) in [6.07, 6.45) is 5.38. The van der Waals surface area contributed by atoms with E-state index in [0.29, 0.717) is 31.3 Å². The van der Waals surface area contributed by atoms with Gasteiger partial charge in [-0.3, -0.25) is 9.79 Å². The molecule has 1 amide bonds. The van der Waals surface area contributed by atoms with Gasteiger partial charge < -0.3 is 20.3 Å². The first-order valence-electron chi connectivity index (χ1n) is 10.0. The Balaban J connectivity index is 0.00000341. The van der Waals surface area contributed by atoms with Gasteiger partial charge in [0, 0.05) is 24.8 Å². The van der Waals surface area contributed by atoms with Crippen molar-refractivity contribution in [3.63, 3.8) is 0 Å². The minimum absolute atomic E-state index is 0. The largest absolute Gasteiger partial charge is 0.370 e. The monoisotopic (exact) mass is 532 g/mol. The molecule has 1 atom stereocenters. The summed E-state index contributed by atoms with van der Waals surface area (Å²) in [5.74, 6) is 3.08. The highest BCUT2D eigenvalue weighted by atomic mass is 127. The number of nitrogens with one attached hydrogen (secondary N) is 2. The maximum atomic E-state index is 12.4. The number of anilines is 1. The zero-order chi connectivity index (χ0) is 21.5. The highest BCUT2D eigenvalue weighted by molar-refractivity contribution is 14.0. The van der Waals surface area contributed by atoms with E-state index < -0.39 is 0 Å². The molecule has 0 spiro atoms. The van der Waals surface area contributed by atoms with Crippen molar-refractivity contribution < 1.29 is 9.53 Å². The molecule has 1 aliphatic heterocycles. The second-order valence-electron chi connectivity index (χ2n) is 7.34. The first-order chi connectivity index (χ1) is 14.5. The second-order valence-corrected chi connectivity index (χ2v) is 7.34. The van der Waals surface area contributed by atoms with Gasteiger partial charge in [-0.1, -0.05) is 35.7 Å². The van der Waals surface area contributed by atoms with Crippen molar-refractivity contribution in [2.45, 2.75) is 20.0 Å². The van der Waals surface area contributed by atoms with E-state index in [1.165, 1.54) is 16.7 Å². The number of terminal acetylenes is 1. The summed E-state index contributed by atoms with van der Waals surface area (Å²) in [5, 5.41) is 6.00. The van der Waals surface area contributed by atoms with Gasteiger partial charge in [0.15, 0.2) is 5.96 Å². The number of benzene rings is 2. The van der Waals surface area contributed by atoms with Crippen LogP contribution in [0.4, 0.5) is 5.69 Å². The maximum absolute atomic E-state index is 12.4. The fourth-order valence-electron chi connectivity index (χ4n) is 3.60. The van der Waals surface area contributed by atoms with Crippen LogP contribution in [0.5, 0.6) is 0 Å². The van der Waals surface area contributed by atoms with Crippen LogP contribution in [0.2, 0.25) is 0 Å². The van der Waals surface area contributed by atoms with Gasteiger partial charge in [-0.2, -0.15) is 0 Å².